The molecule has 0 aliphatic heterocycles. The summed E-state index contributed by atoms with van der Waals surface area (Å²) in [5, 5.41) is 0. The Morgan fingerprint density at radius 2 is 1.53 bits per heavy atom. The summed E-state index contributed by atoms with van der Waals surface area (Å²) in [7, 11) is 0. The molecule has 0 unspecified atom stereocenters. The van der Waals surface area contributed by atoms with E-state index in [4.69, 9.17) is 4.74 Å². The molecule has 112 valence electrons. The monoisotopic (exact) mass is 268 g/mol. The first kappa shape index (κ1) is 18.2. The molecule has 0 amide bonds. The molecule has 0 aliphatic rings. The second-order valence-corrected chi connectivity index (χ2v) is 5.45. The Balaban J connectivity index is 3.49. The van der Waals surface area contributed by atoms with Crippen LogP contribution in [-0.4, -0.2) is 12.6 Å². The number of carbonyl (C=O) groups excluding carboxylic acids is 1. The minimum Gasteiger partial charge on any atom is -0.463 e. The van der Waals surface area contributed by atoms with Crippen LogP contribution in [0, 0.1) is 5.41 Å². The van der Waals surface area contributed by atoms with Gasteiger partial charge in [-0.15, -0.1) is 0 Å². The predicted molar refractivity (Wildman–Crippen MR) is 82.2 cm³/mol. The van der Waals surface area contributed by atoms with E-state index in [-0.39, 0.29) is 5.97 Å². The van der Waals surface area contributed by atoms with Crippen LogP contribution in [-0.2, 0) is 9.53 Å². The average molecular weight is 268 g/mol. The third-order valence-electron chi connectivity index (χ3n) is 4.51. The lowest BCUT2D eigenvalue weighted by molar-refractivity contribution is -0.137. The lowest BCUT2D eigenvalue weighted by atomic mass is 9.75. The number of unbranched alkanes of at least 4 members (excludes halogenated alkanes) is 4. The van der Waals surface area contributed by atoms with Gasteiger partial charge in [0.1, 0.15) is 0 Å². The number of carbonyl (C=O) groups is 1. The summed E-state index contributed by atoms with van der Waals surface area (Å²) in [5.41, 5.74) is 0.583. The van der Waals surface area contributed by atoms with Crippen molar-refractivity contribution in [1.82, 2.24) is 0 Å². The van der Waals surface area contributed by atoms with Crippen LogP contribution in [0.25, 0.3) is 0 Å². The first-order chi connectivity index (χ1) is 9.14. The molecule has 0 saturated carbocycles. The molecule has 2 heteroatoms. The van der Waals surface area contributed by atoms with Gasteiger partial charge in [0, 0.05) is 6.08 Å². The van der Waals surface area contributed by atoms with E-state index in [1.807, 2.05) is 0 Å². The first-order valence-electron chi connectivity index (χ1n) is 7.93. The van der Waals surface area contributed by atoms with Crippen molar-refractivity contribution in [2.75, 3.05) is 6.61 Å². The number of hydrogen-bond acceptors (Lipinski definition) is 2. The molecule has 0 saturated heterocycles. The molecule has 0 radical (unpaired) electrons. The van der Waals surface area contributed by atoms with Crippen LogP contribution in [0.5, 0.6) is 0 Å². The summed E-state index contributed by atoms with van der Waals surface area (Å²) in [6.45, 7) is 10.9. The molecule has 0 atom stereocenters. The van der Waals surface area contributed by atoms with Crippen molar-refractivity contribution < 1.29 is 9.53 Å². The number of ether oxygens (including phenoxy) is 1. The van der Waals surface area contributed by atoms with E-state index in [1.54, 1.807) is 0 Å². The Kier molecular flexibility index (Phi) is 10.6. The van der Waals surface area contributed by atoms with Crippen LogP contribution in [0.4, 0.5) is 0 Å². The van der Waals surface area contributed by atoms with Gasteiger partial charge in [-0.1, -0.05) is 72.3 Å². The highest BCUT2D eigenvalue weighted by Crippen LogP contribution is 2.36. The van der Waals surface area contributed by atoms with E-state index < -0.39 is 0 Å². The smallest absolute Gasteiger partial charge is 0.330 e. The molecule has 0 spiro atoms. The molecular weight excluding hydrogens is 236 g/mol. The molecule has 0 aromatic heterocycles. The van der Waals surface area contributed by atoms with E-state index in [9.17, 15) is 4.79 Å². The zero-order chi connectivity index (χ0) is 14.6. The molecule has 0 aliphatic carbocycles. The SMILES string of the molecule is C=CC(=O)OCCCCCCCC(CC)(CC)CC. The maximum Gasteiger partial charge on any atom is 0.330 e. The molecule has 2 nitrogen and oxygen atoms in total. The summed E-state index contributed by atoms with van der Waals surface area (Å²) in [6.07, 6.45) is 12.5. The molecule has 0 aromatic rings. The van der Waals surface area contributed by atoms with Crippen LogP contribution in [0.15, 0.2) is 12.7 Å². The van der Waals surface area contributed by atoms with E-state index in [2.05, 4.69) is 27.4 Å². The van der Waals surface area contributed by atoms with Crippen molar-refractivity contribution in [2.45, 2.75) is 78.6 Å². The largest absolute Gasteiger partial charge is 0.463 e. The molecule has 0 N–H and O–H groups in total. The summed E-state index contributed by atoms with van der Waals surface area (Å²) in [6, 6.07) is 0. The lowest BCUT2D eigenvalue weighted by Gasteiger charge is -2.30. The van der Waals surface area contributed by atoms with E-state index in [0.29, 0.717) is 12.0 Å². The van der Waals surface area contributed by atoms with Gasteiger partial charge in [-0.25, -0.2) is 4.79 Å². The highest BCUT2D eigenvalue weighted by Gasteiger charge is 2.22. The highest BCUT2D eigenvalue weighted by molar-refractivity contribution is 5.81. The quantitative estimate of drug-likeness (QED) is 0.274. The zero-order valence-electron chi connectivity index (χ0n) is 13.2. The molecule has 0 fully saturated rings. The van der Waals surface area contributed by atoms with Crippen LogP contribution >= 0.6 is 0 Å². The fraction of sp³-hybridized carbons (Fsp3) is 0.824. The number of hydrogen-bond donors (Lipinski definition) is 0. The van der Waals surface area contributed by atoms with E-state index >= 15 is 0 Å². The Labute approximate surface area is 119 Å². The Morgan fingerprint density at radius 1 is 1.00 bits per heavy atom. The highest BCUT2D eigenvalue weighted by atomic mass is 16.5. The maximum atomic E-state index is 10.8. The molecule has 0 heterocycles. The minimum absolute atomic E-state index is 0.307. The zero-order valence-corrected chi connectivity index (χ0v) is 13.2. The van der Waals surface area contributed by atoms with Gasteiger partial charge in [0.05, 0.1) is 6.61 Å². The van der Waals surface area contributed by atoms with Crippen LogP contribution < -0.4 is 0 Å². The molecule has 0 aromatic carbocycles. The van der Waals surface area contributed by atoms with Crippen molar-refractivity contribution in [2.24, 2.45) is 5.41 Å². The Bertz CT molecular complexity index is 233. The van der Waals surface area contributed by atoms with Crippen molar-refractivity contribution in [1.29, 1.82) is 0 Å². The molecule has 0 bridgehead atoms. The second-order valence-electron chi connectivity index (χ2n) is 5.45. The third-order valence-corrected chi connectivity index (χ3v) is 4.51. The van der Waals surface area contributed by atoms with Crippen molar-refractivity contribution in [3.63, 3.8) is 0 Å². The van der Waals surface area contributed by atoms with Crippen LogP contribution in [0.1, 0.15) is 78.6 Å². The molecular formula is C17H32O2. The third kappa shape index (κ3) is 8.07. The van der Waals surface area contributed by atoms with Gasteiger partial charge in [-0.3, -0.25) is 0 Å². The van der Waals surface area contributed by atoms with Gasteiger partial charge in [-0.2, -0.15) is 0 Å². The Morgan fingerprint density at radius 3 is 2.05 bits per heavy atom. The van der Waals surface area contributed by atoms with Gasteiger partial charge in [-0.05, 0) is 18.3 Å². The molecule has 0 rings (SSSR count). The van der Waals surface area contributed by atoms with E-state index in [1.165, 1.54) is 51.0 Å². The lowest BCUT2D eigenvalue weighted by Crippen LogP contribution is -2.17. The predicted octanol–water partition coefficient (Wildman–Crippen LogP) is 5.27. The van der Waals surface area contributed by atoms with Gasteiger partial charge in [0.2, 0.25) is 0 Å². The summed E-state index contributed by atoms with van der Waals surface area (Å²) in [4.78, 5) is 10.8. The van der Waals surface area contributed by atoms with E-state index in [0.717, 1.165) is 12.8 Å². The van der Waals surface area contributed by atoms with Gasteiger partial charge in [0.15, 0.2) is 0 Å². The Hall–Kier alpha value is -0.790. The van der Waals surface area contributed by atoms with Crippen LogP contribution in [0.2, 0.25) is 0 Å². The fourth-order valence-corrected chi connectivity index (χ4v) is 2.64. The standard InChI is InChI=1S/C17H32O2/c1-5-16(18)19-15-13-11-9-10-12-14-17(6-2,7-3)8-4/h5H,1,6-15H2,2-4H3. The number of rotatable bonds is 12. The van der Waals surface area contributed by atoms with Crippen molar-refractivity contribution in [3.05, 3.63) is 12.7 Å². The second kappa shape index (κ2) is 11.1. The fourth-order valence-electron chi connectivity index (χ4n) is 2.64. The minimum atomic E-state index is -0.307. The summed E-state index contributed by atoms with van der Waals surface area (Å²) >= 11 is 0. The number of esters is 1. The normalized spacial score (nSPS) is 11.3. The summed E-state index contributed by atoms with van der Waals surface area (Å²) < 4.78 is 4.95. The van der Waals surface area contributed by atoms with Crippen LogP contribution in [0.3, 0.4) is 0 Å². The average Bonchev–Trinajstić information content (AvgIpc) is 2.46. The van der Waals surface area contributed by atoms with Crippen molar-refractivity contribution in [3.8, 4) is 0 Å². The van der Waals surface area contributed by atoms with Gasteiger partial charge < -0.3 is 4.74 Å². The summed E-state index contributed by atoms with van der Waals surface area (Å²) in [5.74, 6) is -0.307. The van der Waals surface area contributed by atoms with Crippen molar-refractivity contribution >= 4 is 5.97 Å². The first-order valence-corrected chi connectivity index (χ1v) is 7.93. The van der Waals surface area contributed by atoms with Gasteiger partial charge in [0.25, 0.3) is 0 Å². The van der Waals surface area contributed by atoms with Gasteiger partial charge >= 0.3 is 5.97 Å². The topological polar surface area (TPSA) is 26.3 Å². The molecule has 19 heavy (non-hydrogen) atoms. The maximum absolute atomic E-state index is 10.8.